The second-order valence-electron chi connectivity index (χ2n) is 7.62. The van der Waals surface area contributed by atoms with Crippen LogP contribution in [-0.4, -0.2) is 37.6 Å². The minimum absolute atomic E-state index is 0.150. The molecule has 0 bridgehead atoms. The number of amides is 1. The highest BCUT2D eigenvalue weighted by Crippen LogP contribution is 2.27. The summed E-state index contributed by atoms with van der Waals surface area (Å²) in [5.74, 6) is -0.150. The van der Waals surface area contributed by atoms with Gasteiger partial charge in [0.05, 0.1) is 21.5 Å². The summed E-state index contributed by atoms with van der Waals surface area (Å²) < 4.78 is 0.596. The van der Waals surface area contributed by atoms with Gasteiger partial charge in [0.25, 0.3) is 5.91 Å². The number of hydroxylamine groups is 1. The molecule has 2 N–H and O–H groups in total. The molecule has 160 valence electrons. The van der Waals surface area contributed by atoms with Crippen LogP contribution in [-0.2, 0) is 11.4 Å². The minimum atomic E-state index is -0.241. The van der Waals surface area contributed by atoms with Crippen molar-refractivity contribution < 1.29 is 9.63 Å². The van der Waals surface area contributed by atoms with E-state index in [-0.39, 0.29) is 12.0 Å². The van der Waals surface area contributed by atoms with Crippen LogP contribution in [0.3, 0.4) is 0 Å². The number of halogens is 1. The standard InChI is InChI=1S/C24H24ClN3O2S/c1-28(2)15-18-5-3-4-6-20(18)16-7-9-17(10-8-16)21-13-19(30-27-21)14-26-24(29)22-11-12-23(25)31-22/h3-13,19,27H,14-15H2,1-2H3,(H,26,29). The molecule has 4 rings (SSSR count). The first-order valence-electron chi connectivity index (χ1n) is 10.00. The van der Waals surface area contributed by atoms with Gasteiger partial charge in [-0.1, -0.05) is 60.1 Å². The second kappa shape index (κ2) is 9.66. The topological polar surface area (TPSA) is 53.6 Å². The molecule has 1 unspecified atom stereocenters. The van der Waals surface area contributed by atoms with E-state index in [9.17, 15) is 4.79 Å². The highest BCUT2D eigenvalue weighted by Gasteiger charge is 2.19. The number of carbonyl (C=O) groups is 1. The Morgan fingerprint density at radius 1 is 1.10 bits per heavy atom. The molecule has 0 saturated heterocycles. The Balaban J connectivity index is 1.41. The lowest BCUT2D eigenvalue weighted by Gasteiger charge is -2.14. The molecule has 0 aliphatic carbocycles. The van der Waals surface area contributed by atoms with Crippen molar-refractivity contribution in [2.45, 2.75) is 12.6 Å². The summed E-state index contributed by atoms with van der Waals surface area (Å²) in [6.07, 6.45) is 1.74. The van der Waals surface area contributed by atoms with Gasteiger partial charge in [-0.3, -0.25) is 15.1 Å². The maximum atomic E-state index is 12.2. The smallest absolute Gasteiger partial charge is 0.261 e. The molecule has 0 radical (unpaired) electrons. The number of rotatable bonds is 7. The van der Waals surface area contributed by atoms with Crippen molar-refractivity contribution in [3.63, 3.8) is 0 Å². The summed E-state index contributed by atoms with van der Waals surface area (Å²) in [6, 6.07) is 20.3. The normalized spacial score (nSPS) is 15.6. The highest BCUT2D eigenvalue weighted by atomic mass is 35.5. The van der Waals surface area contributed by atoms with E-state index in [1.807, 2.05) is 6.08 Å². The van der Waals surface area contributed by atoms with Gasteiger partial charge in [-0.15, -0.1) is 11.3 Å². The molecule has 1 aromatic heterocycles. The van der Waals surface area contributed by atoms with Gasteiger partial charge in [0.1, 0.15) is 6.10 Å². The first-order valence-corrected chi connectivity index (χ1v) is 11.2. The molecule has 5 nitrogen and oxygen atoms in total. The van der Waals surface area contributed by atoms with Gasteiger partial charge >= 0.3 is 0 Å². The summed E-state index contributed by atoms with van der Waals surface area (Å²) in [5.41, 5.74) is 8.62. The number of hydrogen-bond acceptors (Lipinski definition) is 5. The van der Waals surface area contributed by atoms with E-state index in [2.05, 4.69) is 78.3 Å². The Labute approximate surface area is 191 Å². The van der Waals surface area contributed by atoms with Crippen LogP contribution in [0.5, 0.6) is 0 Å². The molecule has 1 aliphatic heterocycles. The van der Waals surface area contributed by atoms with E-state index in [0.29, 0.717) is 15.8 Å². The molecule has 31 heavy (non-hydrogen) atoms. The van der Waals surface area contributed by atoms with Gasteiger partial charge in [-0.2, -0.15) is 0 Å². The van der Waals surface area contributed by atoms with E-state index in [1.165, 1.54) is 28.0 Å². The molecule has 2 aromatic carbocycles. The Kier molecular flexibility index (Phi) is 6.73. The van der Waals surface area contributed by atoms with Gasteiger partial charge < -0.3 is 10.2 Å². The molecule has 2 heterocycles. The van der Waals surface area contributed by atoms with Crippen molar-refractivity contribution in [2.24, 2.45) is 0 Å². The molecule has 0 spiro atoms. The first kappa shape index (κ1) is 21.6. The van der Waals surface area contributed by atoms with Crippen molar-refractivity contribution in [3.05, 3.63) is 87.1 Å². The Hall–Kier alpha value is -2.64. The summed E-state index contributed by atoms with van der Waals surface area (Å²) in [6.45, 7) is 1.27. The van der Waals surface area contributed by atoms with E-state index in [1.54, 1.807) is 12.1 Å². The van der Waals surface area contributed by atoms with Crippen molar-refractivity contribution in [1.29, 1.82) is 0 Å². The number of hydrogen-bond donors (Lipinski definition) is 2. The molecule has 1 amide bonds. The molecular formula is C24H24ClN3O2S. The number of thiophene rings is 1. The minimum Gasteiger partial charge on any atom is -0.348 e. The zero-order chi connectivity index (χ0) is 21.8. The molecule has 1 aliphatic rings. The number of benzene rings is 2. The van der Waals surface area contributed by atoms with Crippen molar-refractivity contribution in [1.82, 2.24) is 15.7 Å². The molecule has 3 aromatic rings. The van der Waals surface area contributed by atoms with Crippen LogP contribution in [0.2, 0.25) is 4.34 Å². The Bertz CT molecular complexity index is 1090. The molecule has 0 fully saturated rings. The predicted octanol–water partition coefficient (Wildman–Crippen LogP) is 4.80. The van der Waals surface area contributed by atoms with Gasteiger partial charge in [-0.25, -0.2) is 0 Å². The molecule has 0 saturated carbocycles. The largest absolute Gasteiger partial charge is 0.348 e. The average Bonchev–Trinajstić information content (AvgIpc) is 3.41. The summed E-state index contributed by atoms with van der Waals surface area (Å²) in [4.78, 5) is 20.5. The second-order valence-corrected chi connectivity index (χ2v) is 9.34. The lowest BCUT2D eigenvalue weighted by molar-refractivity contribution is 0.0499. The van der Waals surface area contributed by atoms with Crippen LogP contribution in [0, 0.1) is 0 Å². The van der Waals surface area contributed by atoms with Crippen LogP contribution in [0.4, 0.5) is 0 Å². The van der Waals surface area contributed by atoms with Crippen LogP contribution in [0.1, 0.15) is 20.8 Å². The van der Waals surface area contributed by atoms with Crippen LogP contribution in [0.15, 0.2) is 66.7 Å². The zero-order valence-electron chi connectivity index (χ0n) is 17.4. The van der Waals surface area contributed by atoms with Crippen LogP contribution >= 0.6 is 22.9 Å². The van der Waals surface area contributed by atoms with Crippen LogP contribution < -0.4 is 10.8 Å². The van der Waals surface area contributed by atoms with Crippen molar-refractivity contribution >= 4 is 34.5 Å². The monoisotopic (exact) mass is 453 g/mol. The number of carbonyl (C=O) groups excluding carboxylic acids is 1. The summed E-state index contributed by atoms with van der Waals surface area (Å²) in [7, 11) is 4.15. The third-order valence-electron chi connectivity index (χ3n) is 4.94. The fourth-order valence-corrected chi connectivity index (χ4v) is 4.43. The van der Waals surface area contributed by atoms with Crippen LogP contribution in [0.25, 0.3) is 16.8 Å². The van der Waals surface area contributed by atoms with Gasteiger partial charge in [0.15, 0.2) is 0 Å². The maximum absolute atomic E-state index is 12.2. The SMILES string of the molecule is CN(C)Cc1ccccc1-c1ccc(C2=CC(CNC(=O)c3ccc(Cl)s3)ON2)cc1. The van der Waals surface area contributed by atoms with E-state index in [0.717, 1.165) is 17.8 Å². The summed E-state index contributed by atoms with van der Waals surface area (Å²) in [5, 5.41) is 2.88. The lowest BCUT2D eigenvalue weighted by Crippen LogP contribution is -2.31. The Morgan fingerprint density at radius 3 is 2.55 bits per heavy atom. The average molecular weight is 454 g/mol. The van der Waals surface area contributed by atoms with Gasteiger partial charge in [-0.05, 0) is 54.6 Å². The van der Waals surface area contributed by atoms with E-state index < -0.39 is 0 Å². The molecular weight excluding hydrogens is 430 g/mol. The number of nitrogens with zero attached hydrogens (tertiary/aromatic N) is 1. The number of nitrogens with one attached hydrogen (secondary N) is 2. The third-order valence-corrected chi connectivity index (χ3v) is 6.17. The van der Waals surface area contributed by atoms with Crippen molar-refractivity contribution in [3.8, 4) is 11.1 Å². The van der Waals surface area contributed by atoms with E-state index in [4.69, 9.17) is 16.4 Å². The fraction of sp³-hybridized carbons (Fsp3) is 0.208. The zero-order valence-corrected chi connectivity index (χ0v) is 19.0. The lowest BCUT2D eigenvalue weighted by atomic mass is 9.98. The predicted molar refractivity (Wildman–Crippen MR) is 127 cm³/mol. The van der Waals surface area contributed by atoms with Gasteiger partial charge in [0, 0.05) is 6.54 Å². The quantitative estimate of drug-likeness (QED) is 0.539. The molecule has 1 atom stereocenters. The highest BCUT2D eigenvalue weighted by molar-refractivity contribution is 7.18. The van der Waals surface area contributed by atoms with Gasteiger partial charge in [0.2, 0.25) is 0 Å². The van der Waals surface area contributed by atoms with Crippen molar-refractivity contribution in [2.75, 3.05) is 20.6 Å². The Morgan fingerprint density at radius 2 is 1.84 bits per heavy atom. The van der Waals surface area contributed by atoms with E-state index >= 15 is 0 Å². The first-order chi connectivity index (χ1) is 15.0. The fourth-order valence-electron chi connectivity index (χ4n) is 3.48. The third kappa shape index (κ3) is 5.35. The maximum Gasteiger partial charge on any atom is 0.261 e. The molecule has 7 heteroatoms. The summed E-state index contributed by atoms with van der Waals surface area (Å²) >= 11 is 7.15.